The lowest BCUT2D eigenvalue weighted by molar-refractivity contribution is -0.141. The summed E-state index contributed by atoms with van der Waals surface area (Å²) >= 11 is 6.01. The van der Waals surface area contributed by atoms with Crippen LogP contribution < -0.4 is 5.73 Å². The molecule has 0 bridgehead atoms. The number of nitrogen functional groups attached to an aromatic ring is 1. The number of aromatic nitrogens is 5. The fraction of sp³-hybridized carbons (Fsp3) is 0.105. The van der Waals surface area contributed by atoms with Crippen LogP contribution in [0, 0.1) is 6.92 Å². The molecule has 30 heavy (non-hydrogen) atoms. The average Bonchev–Trinajstić information content (AvgIpc) is 3.20. The highest BCUT2D eigenvalue weighted by atomic mass is 35.5. The lowest BCUT2D eigenvalue weighted by Crippen LogP contribution is -2.10. The van der Waals surface area contributed by atoms with Crippen molar-refractivity contribution >= 4 is 17.4 Å². The first-order chi connectivity index (χ1) is 14.2. The van der Waals surface area contributed by atoms with E-state index in [1.807, 2.05) is 0 Å². The maximum atomic E-state index is 13.4. The molecular formula is C19H12ClF3N6O. The Kier molecular flexibility index (Phi) is 4.86. The second-order valence-corrected chi connectivity index (χ2v) is 6.73. The van der Waals surface area contributed by atoms with Crippen molar-refractivity contribution in [3.63, 3.8) is 0 Å². The van der Waals surface area contributed by atoms with Gasteiger partial charge < -0.3 is 10.3 Å². The number of halogens is 4. The highest BCUT2D eigenvalue weighted by molar-refractivity contribution is 6.31. The van der Waals surface area contributed by atoms with Gasteiger partial charge in [-0.25, -0.2) is 15.0 Å². The molecule has 0 atom stereocenters. The number of hydrogen-bond donors (Lipinski definition) is 1. The summed E-state index contributed by atoms with van der Waals surface area (Å²) in [4.78, 5) is 15.8. The van der Waals surface area contributed by atoms with Crippen LogP contribution in [-0.2, 0) is 6.18 Å². The van der Waals surface area contributed by atoms with Gasteiger partial charge in [0, 0.05) is 22.3 Å². The minimum atomic E-state index is -4.70. The third-order valence-corrected chi connectivity index (χ3v) is 4.56. The Balaban J connectivity index is 1.81. The van der Waals surface area contributed by atoms with Crippen molar-refractivity contribution in [3.05, 3.63) is 58.9 Å². The molecule has 0 aliphatic carbocycles. The molecule has 0 aliphatic rings. The highest BCUT2D eigenvalue weighted by Crippen LogP contribution is 2.33. The summed E-state index contributed by atoms with van der Waals surface area (Å²) in [5.41, 5.74) is 6.05. The molecule has 11 heteroatoms. The zero-order valence-electron chi connectivity index (χ0n) is 15.3. The molecule has 0 saturated heterocycles. The Labute approximate surface area is 172 Å². The Morgan fingerprint density at radius 1 is 0.967 bits per heavy atom. The number of hydrogen-bond acceptors (Lipinski definition) is 7. The van der Waals surface area contributed by atoms with Crippen molar-refractivity contribution in [3.8, 4) is 34.4 Å². The minimum absolute atomic E-state index is 0.0426. The van der Waals surface area contributed by atoms with Gasteiger partial charge in [-0.3, -0.25) is 0 Å². The van der Waals surface area contributed by atoms with Crippen LogP contribution in [0.1, 0.15) is 11.3 Å². The van der Waals surface area contributed by atoms with E-state index in [0.29, 0.717) is 27.5 Å². The van der Waals surface area contributed by atoms with Gasteiger partial charge in [0.2, 0.25) is 11.6 Å². The summed E-state index contributed by atoms with van der Waals surface area (Å²) in [6.07, 6.45) is -3.28. The number of aryl methyl sites for hydroxylation is 1. The van der Waals surface area contributed by atoms with Crippen molar-refractivity contribution in [1.29, 1.82) is 0 Å². The zero-order valence-corrected chi connectivity index (χ0v) is 16.0. The summed E-state index contributed by atoms with van der Waals surface area (Å²) in [6, 6.07) is 8.78. The zero-order chi connectivity index (χ0) is 21.5. The summed E-state index contributed by atoms with van der Waals surface area (Å²) < 4.78 is 45.4. The molecular weight excluding hydrogens is 421 g/mol. The standard InChI is InChI=1S/C19H12ClF3N6O/c1-9-6-10(2-4-12(9)20)13-7-14(19(21,22)23)27-17(26-13)18-28-16(29-30-18)11-3-5-15(24)25-8-11/h2-8H,1H3,(H2,24,25). The Hall–Kier alpha value is -3.53. The minimum Gasteiger partial charge on any atom is -0.384 e. The fourth-order valence-corrected chi connectivity index (χ4v) is 2.73. The topological polar surface area (TPSA) is 104 Å². The fourth-order valence-electron chi connectivity index (χ4n) is 2.61. The number of nitrogens with zero attached hydrogens (tertiary/aromatic N) is 5. The van der Waals surface area contributed by atoms with E-state index in [1.165, 1.54) is 12.3 Å². The molecule has 0 amide bonds. The highest BCUT2D eigenvalue weighted by Gasteiger charge is 2.34. The number of alkyl halides is 3. The van der Waals surface area contributed by atoms with Crippen LogP contribution in [0.4, 0.5) is 19.0 Å². The number of nitrogens with two attached hydrogens (primary N) is 1. The SMILES string of the molecule is Cc1cc(-c2cc(C(F)(F)F)nc(-c3nc(-c4ccc(N)nc4)no3)n2)ccc1Cl. The van der Waals surface area contributed by atoms with E-state index in [2.05, 4.69) is 25.1 Å². The molecule has 2 N–H and O–H groups in total. The van der Waals surface area contributed by atoms with Crippen molar-refractivity contribution in [2.75, 3.05) is 5.73 Å². The van der Waals surface area contributed by atoms with Crippen LogP contribution in [-0.4, -0.2) is 25.1 Å². The van der Waals surface area contributed by atoms with Gasteiger partial charge in [0.15, 0.2) is 0 Å². The first-order valence-corrected chi connectivity index (χ1v) is 8.87. The molecule has 3 heterocycles. The summed E-state index contributed by atoms with van der Waals surface area (Å²) in [5, 5.41) is 4.26. The molecule has 0 radical (unpaired) electrons. The predicted octanol–water partition coefficient (Wildman–Crippen LogP) is 4.82. The molecule has 0 fully saturated rings. The third-order valence-electron chi connectivity index (χ3n) is 4.13. The predicted molar refractivity (Wildman–Crippen MR) is 103 cm³/mol. The van der Waals surface area contributed by atoms with Crippen LogP contribution in [0.5, 0.6) is 0 Å². The molecule has 0 spiro atoms. The molecule has 7 nitrogen and oxygen atoms in total. The number of anilines is 1. The second-order valence-electron chi connectivity index (χ2n) is 6.32. The van der Waals surface area contributed by atoms with Gasteiger partial charge in [-0.2, -0.15) is 18.2 Å². The molecule has 0 saturated carbocycles. The van der Waals surface area contributed by atoms with Gasteiger partial charge in [-0.1, -0.05) is 22.8 Å². The summed E-state index contributed by atoms with van der Waals surface area (Å²) in [7, 11) is 0. The second kappa shape index (κ2) is 7.38. The Morgan fingerprint density at radius 2 is 1.73 bits per heavy atom. The smallest absolute Gasteiger partial charge is 0.384 e. The molecule has 3 aromatic heterocycles. The van der Waals surface area contributed by atoms with Crippen LogP contribution >= 0.6 is 11.6 Å². The molecule has 1 aromatic carbocycles. The monoisotopic (exact) mass is 432 g/mol. The van der Waals surface area contributed by atoms with Crippen molar-refractivity contribution < 1.29 is 17.7 Å². The van der Waals surface area contributed by atoms with Gasteiger partial charge in [-0.15, -0.1) is 0 Å². The number of rotatable bonds is 3. The normalized spacial score (nSPS) is 11.6. The maximum Gasteiger partial charge on any atom is 0.433 e. The Bertz CT molecular complexity index is 1220. The van der Waals surface area contributed by atoms with E-state index in [9.17, 15) is 13.2 Å². The summed E-state index contributed by atoms with van der Waals surface area (Å²) in [5.74, 6) is -0.205. The van der Waals surface area contributed by atoms with Crippen LogP contribution in [0.2, 0.25) is 5.02 Å². The lowest BCUT2D eigenvalue weighted by atomic mass is 10.1. The van der Waals surface area contributed by atoms with Gasteiger partial charge >= 0.3 is 6.18 Å². The van der Waals surface area contributed by atoms with Gasteiger partial charge in [-0.05, 0) is 42.8 Å². The van der Waals surface area contributed by atoms with Crippen molar-refractivity contribution in [2.24, 2.45) is 0 Å². The van der Waals surface area contributed by atoms with E-state index in [-0.39, 0.29) is 23.2 Å². The average molecular weight is 433 g/mol. The van der Waals surface area contributed by atoms with E-state index in [0.717, 1.165) is 6.07 Å². The molecule has 4 rings (SSSR count). The van der Waals surface area contributed by atoms with Gasteiger partial charge in [0.05, 0.1) is 5.69 Å². The molecule has 152 valence electrons. The lowest BCUT2D eigenvalue weighted by Gasteiger charge is -2.10. The van der Waals surface area contributed by atoms with Crippen LogP contribution in [0.3, 0.4) is 0 Å². The van der Waals surface area contributed by atoms with E-state index in [4.69, 9.17) is 21.9 Å². The number of benzene rings is 1. The van der Waals surface area contributed by atoms with Gasteiger partial charge in [0.25, 0.3) is 5.89 Å². The van der Waals surface area contributed by atoms with Crippen molar-refractivity contribution in [1.82, 2.24) is 25.1 Å². The molecule has 0 aliphatic heterocycles. The Morgan fingerprint density at radius 3 is 2.40 bits per heavy atom. The third kappa shape index (κ3) is 3.94. The summed E-state index contributed by atoms with van der Waals surface area (Å²) in [6.45, 7) is 1.74. The van der Waals surface area contributed by atoms with Gasteiger partial charge in [0.1, 0.15) is 11.5 Å². The number of pyridine rings is 1. The van der Waals surface area contributed by atoms with Crippen LogP contribution in [0.15, 0.2) is 47.1 Å². The van der Waals surface area contributed by atoms with E-state index >= 15 is 0 Å². The molecule has 0 unspecified atom stereocenters. The maximum absolute atomic E-state index is 13.4. The first-order valence-electron chi connectivity index (χ1n) is 8.49. The first kappa shape index (κ1) is 19.8. The van der Waals surface area contributed by atoms with Crippen LogP contribution in [0.25, 0.3) is 34.4 Å². The van der Waals surface area contributed by atoms with E-state index in [1.54, 1.807) is 31.2 Å². The van der Waals surface area contributed by atoms with Crippen molar-refractivity contribution in [2.45, 2.75) is 13.1 Å². The largest absolute Gasteiger partial charge is 0.433 e. The quantitative estimate of drug-likeness (QED) is 0.495. The van der Waals surface area contributed by atoms with E-state index < -0.39 is 11.9 Å². The molecule has 4 aromatic rings.